The minimum Gasteiger partial charge on any atom is -0.508 e. The minimum atomic E-state index is 0.141. The van der Waals surface area contributed by atoms with Gasteiger partial charge in [0.15, 0.2) is 5.82 Å². The van der Waals surface area contributed by atoms with Crippen LogP contribution in [-0.4, -0.2) is 21.3 Å². The van der Waals surface area contributed by atoms with Crippen LogP contribution in [0.5, 0.6) is 5.75 Å². The number of aromatic hydroxyl groups is 1. The largest absolute Gasteiger partial charge is 0.508 e. The summed E-state index contributed by atoms with van der Waals surface area (Å²) in [5.74, 6) is 2.16. The van der Waals surface area contributed by atoms with Gasteiger partial charge >= 0.3 is 0 Å². The fraction of sp³-hybridized carbons (Fsp3) is 0.429. The molecule has 3 rings (SSSR count). The maximum atomic E-state index is 9.22. The van der Waals surface area contributed by atoms with Crippen LogP contribution in [0.4, 0.5) is 0 Å². The Morgan fingerprint density at radius 1 is 1.32 bits per heavy atom. The van der Waals surface area contributed by atoms with Crippen molar-refractivity contribution >= 4 is 0 Å². The number of nitrogens with two attached hydrogens (primary N) is 1. The number of phenolic OH excluding ortho intramolecular Hbond substituents is 1. The molecule has 1 saturated carbocycles. The highest BCUT2D eigenvalue weighted by atomic mass is 16.5. The Labute approximate surface area is 111 Å². The topological polar surface area (TPSA) is 85.2 Å². The van der Waals surface area contributed by atoms with Gasteiger partial charge in [0.2, 0.25) is 5.89 Å². The minimum absolute atomic E-state index is 0.141. The zero-order chi connectivity index (χ0) is 13.2. The standard InChI is InChI=1S/C14H17N3O2/c15-12(10-3-4-10)8-14-16-13(17-19-14)7-9-1-5-11(18)6-2-9/h1-2,5-6,10,12,18H,3-4,7-8,15H2. The van der Waals surface area contributed by atoms with Crippen molar-refractivity contribution in [1.29, 1.82) is 0 Å². The first-order valence-electron chi connectivity index (χ1n) is 6.55. The Hall–Kier alpha value is -1.88. The van der Waals surface area contributed by atoms with Crippen LogP contribution in [0.3, 0.4) is 0 Å². The van der Waals surface area contributed by atoms with Crippen molar-refractivity contribution in [3.8, 4) is 5.75 Å². The third-order valence-electron chi connectivity index (χ3n) is 3.45. The molecule has 3 N–H and O–H groups in total. The van der Waals surface area contributed by atoms with E-state index in [-0.39, 0.29) is 11.8 Å². The van der Waals surface area contributed by atoms with Crippen molar-refractivity contribution in [2.75, 3.05) is 0 Å². The first-order valence-corrected chi connectivity index (χ1v) is 6.55. The van der Waals surface area contributed by atoms with E-state index < -0.39 is 0 Å². The Morgan fingerprint density at radius 3 is 2.74 bits per heavy atom. The van der Waals surface area contributed by atoms with Crippen LogP contribution in [0, 0.1) is 5.92 Å². The number of benzene rings is 1. The lowest BCUT2D eigenvalue weighted by molar-refractivity contribution is 0.359. The summed E-state index contributed by atoms with van der Waals surface area (Å²) in [5.41, 5.74) is 7.07. The van der Waals surface area contributed by atoms with E-state index in [1.807, 2.05) is 12.1 Å². The normalized spacial score (nSPS) is 16.5. The predicted molar refractivity (Wildman–Crippen MR) is 69.6 cm³/mol. The first-order chi connectivity index (χ1) is 9.20. The number of hydrogen-bond donors (Lipinski definition) is 2. The van der Waals surface area contributed by atoms with Crippen LogP contribution >= 0.6 is 0 Å². The smallest absolute Gasteiger partial charge is 0.228 e. The summed E-state index contributed by atoms with van der Waals surface area (Å²) in [7, 11) is 0. The maximum absolute atomic E-state index is 9.22. The van der Waals surface area contributed by atoms with Crippen LogP contribution < -0.4 is 5.73 Å². The molecule has 1 aromatic heterocycles. The van der Waals surface area contributed by atoms with E-state index in [0.717, 1.165) is 5.56 Å². The second-order valence-electron chi connectivity index (χ2n) is 5.15. The molecule has 1 heterocycles. The second-order valence-corrected chi connectivity index (χ2v) is 5.15. The van der Waals surface area contributed by atoms with Gasteiger partial charge in [0.25, 0.3) is 0 Å². The highest BCUT2D eigenvalue weighted by Crippen LogP contribution is 2.32. The van der Waals surface area contributed by atoms with Crippen LogP contribution in [0.1, 0.15) is 30.1 Å². The molecule has 1 aliphatic rings. The molecule has 0 saturated heterocycles. The van der Waals surface area contributed by atoms with Gasteiger partial charge in [0.05, 0.1) is 0 Å². The molecule has 1 unspecified atom stereocenters. The molecule has 100 valence electrons. The van der Waals surface area contributed by atoms with Gasteiger partial charge in [0.1, 0.15) is 5.75 Å². The van der Waals surface area contributed by atoms with Crippen molar-refractivity contribution < 1.29 is 9.63 Å². The highest BCUT2D eigenvalue weighted by molar-refractivity contribution is 5.27. The molecular formula is C14H17N3O2. The molecule has 19 heavy (non-hydrogen) atoms. The zero-order valence-electron chi connectivity index (χ0n) is 10.6. The van der Waals surface area contributed by atoms with E-state index in [0.29, 0.717) is 30.5 Å². The van der Waals surface area contributed by atoms with E-state index in [1.165, 1.54) is 12.8 Å². The molecule has 0 amide bonds. The molecule has 1 fully saturated rings. The van der Waals surface area contributed by atoms with Gasteiger partial charge in [-0.3, -0.25) is 0 Å². The molecule has 0 radical (unpaired) electrons. The number of aromatic nitrogens is 2. The molecule has 5 heteroatoms. The van der Waals surface area contributed by atoms with Crippen molar-refractivity contribution in [2.45, 2.75) is 31.7 Å². The summed E-state index contributed by atoms with van der Waals surface area (Å²) in [5, 5.41) is 13.2. The maximum Gasteiger partial charge on any atom is 0.228 e. The van der Waals surface area contributed by atoms with Crippen LogP contribution in [0.25, 0.3) is 0 Å². The summed E-state index contributed by atoms with van der Waals surface area (Å²) >= 11 is 0. The van der Waals surface area contributed by atoms with Gasteiger partial charge in [-0.25, -0.2) is 0 Å². The lowest BCUT2D eigenvalue weighted by Crippen LogP contribution is -2.25. The van der Waals surface area contributed by atoms with Crippen molar-refractivity contribution in [1.82, 2.24) is 10.1 Å². The van der Waals surface area contributed by atoms with Gasteiger partial charge in [0, 0.05) is 18.9 Å². The van der Waals surface area contributed by atoms with E-state index in [9.17, 15) is 5.11 Å². The Kier molecular flexibility index (Phi) is 3.21. The molecule has 0 spiro atoms. The number of hydrogen-bond acceptors (Lipinski definition) is 5. The lowest BCUT2D eigenvalue weighted by Gasteiger charge is -2.04. The van der Waals surface area contributed by atoms with E-state index >= 15 is 0 Å². The van der Waals surface area contributed by atoms with Crippen molar-refractivity contribution in [2.24, 2.45) is 11.7 Å². The Morgan fingerprint density at radius 2 is 2.05 bits per heavy atom. The van der Waals surface area contributed by atoms with Gasteiger partial charge in [-0.15, -0.1) is 0 Å². The van der Waals surface area contributed by atoms with E-state index in [2.05, 4.69) is 10.1 Å². The summed E-state index contributed by atoms with van der Waals surface area (Å²) in [6.07, 6.45) is 3.70. The quantitative estimate of drug-likeness (QED) is 0.852. The highest BCUT2D eigenvalue weighted by Gasteiger charge is 2.29. The van der Waals surface area contributed by atoms with Crippen LogP contribution in [-0.2, 0) is 12.8 Å². The molecule has 0 bridgehead atoms. The predicted octanol–water partition coefficient (Wildman–Crippen LogP) is 1.65. The molecule has 5 nitrogen and oxygen atoms in total. The van der Waals surface area contributed by atoms with Crippen LogP contribution in [0.15, 0.2) is 28.8 Å². The lowest BCUT2D eigenvalue weighted by atomic mass is 10.1. The number of nitrogens with zero attached hydrogens (tertiary/aromatic N) is 2. The van der Waals surface area contributed by atoms with Gasteiger partial charge in [-0.2, -0.15) is 4.98 Å². The molecule has 1 atom stereocenters. The van der Waals surface area contributed by atoms with Gasteiger partial charge in [-0.1, -0.05) is 17.3 Å². The fourth-order valence-corrected chi connectivity index (χ4v) is 2.13. The summed E-state index contributed by atoms with van der Waals surface area (Å²) in [4.78, 5) is 4.36. The van der Waals surface area contributed by atoms with Crippen molar-refractivity contribution in [3.63, 3.8) is 0 Å². The molecule has 0 aliphatic heterocycles. The second kappa shape index (κ2) is 5.01. The van der Waals surface area contributed by atoms with Crippen LogP contribution in [0.2, 0.25) is 0 Å². The number of rotatable bonds is 5. The monoisotopic (exact) mass is 259 g/mol. The first kappa shape index (κ1) is 12.2. The Balaban J connectivity index is 1.62. The molecule has 1 aromatic carbocycles. The van der Waals surface area contributed by atoms with Gasteiger partial charge < -0.3 is 15.4 Å². The summed E-state index contributed by atoms with van der Waals surface area (Å²) < 4.78 is 5.22. The third kappa shape index (κ3) is 3.12. The molecule has 1 aliphatic carbocycles. The number of phenols is 1. The molecule has 2 aromatic rings. The average molecular weight is 259 g/mol. The Bertz CT molecular complexity index is 546. The average Bonchev–Trinajstić information content (AvgIpc) is 3.16. The summed E-state index contributed by atoms with van der Waals surface area (Å²) in [6, 6.07) is 7.14. The van der Waals surface area contributed by atoms with E-state index in [1.54, 1.807) is 12.1 Å². The van der Waals surface area contributed by atoms with Gasteiger partial charge in [-0.05, 0) is 36.5 Å². The van der Waals surface area contributed by atoms with E-state index in [4.69, 9.17) is 10.3 Å². The third-order valence-corrected chi connectivity index (χ3v) is 3.45. The fourth-order valence-electron chi connectivity index (χ4n) is 2.13. The zero-order valence-corrected chi connectivity index (χ0v) is 10.6. The van der Waals surface area contributed by atoms with Crippen molar-refractivity contribution in [3.05, 3.63) is 41.5 Å². The summed E-state index contributed by atoms with van der Waals surface area (Å²) in [6.45, 7) is 0. The SMILES string of the molecule is NC(Cc1nc(Cc2ccc(O)cc2)no1)C1CC1. The molecular weight excluding hydrogens is 242 g/mol.